The maximum Gasteiger partial charge on any atom is 0.253 e. The second-order valence-electron chi connectivity index (χ2n) is 6.32. The summed E-state index contributed by atoms with van der Waals surface area (Å²) in [5.41, 5.74) is 3.80. The highest BCUT2D eigenvalue weighted by atomic mass is 16.5. The van der Waals surface area contributed by atoms with Crippen molar-refractivity contribution in [2.45, 2.75) is 25.3 Å². The lowest BCUT2D eigenvalue weighted by atomic mass is 9.92. The molecule has 1 unspecified atom stereocenters. The van der Waals surface area contributed by atoms with Crippen LogP contribution < -0.4 is 10.1 Å². The van der Waals surface area contributed by atoms with E-state index in [4.69, 9.17) is 4.74 Å². The van der Waals surface area contributed by atoms with Gasteiger partial charge in [-0.3, -0.25) is 9.78 Å². The molecule has 6 nitrogen and oxygen atoms in total. The van der Waals surface area contributed by atoms with Gasteiger partial charge in [-0.05, 0) is 55.7 Å². The number of fused-ring (bicyclic) bond motifs is 1. The van der Waals surface area contributed by atoms with Gasteiger partial charge in [0.15, 0.2) is 0 Å². The molecule has 0 saturated heterocycles. The third-order valence-corrected chi connectivity index (χ3v) is 4.73. The normalized spacial score (nSPS) is 16.0. The van der Waals surface area contributed by atoms with Crippen LogP contribution in [0.4, 0.5) is 0 Å². The standard InChI is InChI=1S/C20H20N4O2/c1-26-16-9-7-15(8-10-16)24-19-6-2-5-18(17(19)13-22-24)23-20(25)14-4-3-11-21-12-14/h3-4,7-13,18H,2,5-6H2,1H3,(H,23,25). The summed E-state index contributed by atoms with van der Waals surface area (Å²) in [6.45, 7) is 0. The van der Waals surface area contributed by atoms with Gasteiger partial charge in [0.25, 0.3) is 5.91 Å². The van der Waals surface area contributed by atoms with E-state index >= 15 is 0 Å². The predicted octanol–water partition coefficient (Wildman–Crippen LogP) is 3.08. The topological polar surface area (TPSA) is 69.0 Å². The maximum absolute atomic E-state index is 12.5. The summed E-state index contributed by atoms with van der Waals surface area (Å²) >= 11 is 0. The minimum atomic E-state index is -0.104. The van der Waals surface area contributed by atoms with Crippen molar-refractivity contribution in [2.24, 2.45) is 0 Å². The number of hydrogen-bond acceptors (Lipinski definition) is 4. The Labute approximate surface area is 151 Å². The molecule has 1 amide bonds. The van der Waals surface area contributed by atoms with Gasteiger partial charge in [0.1, 0.15) is 5.75 Å². The van der Waals surface area contributed by atoms with Crippen LogP contribution >= 0.6 is 0 Å². The highest BCUT2D eigenvalue weighted by molar-refractivity contribution is 5.94. The summed E-state index contributed by atoms with van der Waals surface area (Å²) in [5.74, 6) is 0.713. The van der Waals surface area contributed by atoms with E-state index < -0.39 is 0 Å². The summed E-state index contributed by atoms with van der Waals surface area (Å²) in [7, 11) is 1.65. The van der Waals surface area contributed by atoms with Gasteiger partial charge >= 0.3 is 0 Å². The van der Waals surface area contributed by atoms with Crippen LogP contribution in [-0.2, 0) is 6.42 Å². The lowest BCUT2D eigenvalue weighted by molar-refractivity contribution is 0.0932. The minimum Gasteiger partial charge on any atom is -0.497 e. The van der Waals surface area contributed by atoms with E-state index in [1.165, 1.54) is 0 Å². The van der Waals surface area contributed by atoms with E-state index in [0.29, 0.717) is 5.56 Å². The summed E-state index contributed by atoms with van der Waals surface area (Å²) in [6.07, 6.45) is 7.97. The molecule has 0 aliphatic heterocycles. The van der Waals surface area contributed by atoms with Gasteiger partial charge in [-0.25, -0.2) is 4.68 Å². The van der Waals surface area contributed by atoms with Gasteiger partial charge in [-0.1, -0.05) is 0 Å². The molecule has 1 aliphatic rings. The van der Waals surface area contributed by atoms with Crippen molar-refractivity contribution in [2.75, 3.05) is 7.11 Å². The number of aromatic nitrogens is 3. The second kappa shape index (κ2) is 7.00. The van der Waals surface area contributed by atoms with Gasteiger partial charge in [-0.15, -0.1) is 0 Å². The fourth-order valence-corrected chi connectivity index (χ4v) is 3.39. The van der Waals surface area contributed by atoms with Crippen molar-refractivity contribution in [1.29, 1.82) is 0 Å². The Hall–Kier alpha value is -3.15. The molecular formula is C20H20N4O2. The molecule has 0 bridgehead atoms. The third-order valence-electron chi connectivity index (χ3n) is 4.73. The first-order valence-corrected chi connectivity index (χ1v) is 8.68. The molecule has 0 spiro atoms. The van der Waals surface area contributed by atoms with Crippen molar-refractivity contribution in [3.63, 3.8) is 0 Å². The van der Waals surface area contributed by atoms with Crippen LogP contribution in [0.15, 0.2) is 55.0 Å². The quantitative estimate of drug-likeness (QED) is 0.787. The molecule has 0 radical (unpaired) electrons. The number of methoxy groups -OCH3 is 1. The van der Waals surface area contributed by atoms with Crippen molar-refractivity contribution in [1.82, 2.24) is 20.1 Å². The van der Waals surface area contributed by atoms with Gasteiger partial charge in [0.05, 0.1) is 30.6 Å². The molecular weight excluding hydrogens is 328 g/mol. The molecule has 132 valence electrons. The molecule has 2 aromatic heterocycles. The fraction of sp³-hybridized carbons (Fsp3) is 0.250. The largest absolute Gasteiger partial charge is 0.497 e. The zero-order valence-electron chi connectivity index (χ0n) is 14.6. The summed E-state index contributed by atoms with van der Waals surface area (Å²) in [6, 6.07) is 11.3. The SMILES string of the molecule is COc1ccc(-n2ncc3c2CCCC3NC(=O)c2cccnc2)cc1. The number of nitrogens with one attached hydrogen (secondary N) is 1. The summed E-state index contributed by atoms with van der Waals surface area (Å²) in [4.78, 5) is 16.5. The van der Waals surface area contributed by atoms with Crippen molar-refractivity contribution in [3.05, 3.63) is 71.8 Å². The monoisotopic (exact) mass is 348 g/mol. The number of amides is 1. The van der Waals surface area contributed by atoms with E-state index in [9.17, 15) is 4.79 Å². The smallest absolute Gasteiger partial charge is 0.253 e. The molecule has 0 saturated carbocycles. The maximum atomic E-state index is 12.5. The van der Waals surface area contributed by atoms with Crippen molar-refractivity contribution in [3.8, 4) is 11.4 Å². The number of nitrogens with zero attached hydrogens (tertiary/aromatic N) is 3. The number of ether oxygens (including phenoxy) is 1. The van der Waals surface area contributed by atoms with Crippen LogP contribution in [0.1, 0.15) is 40.5 Å². The van der Waals surface area contributed by atoms with Crippen LogP contribution in [-0.4, -0.2) is 27.8 Å². The van der Waals surface area contributed by atoms with Gasteiger partial charge in [0, 0.05) is 23.7 Å². The zero-order valence-corrected chi connectivity index (χ0v) is 14.6. The van der Waals surface area contributed by atoms with Gasteiger partial charge in [-0.2, -0.15) is 5.10 Å². The lowest BCUT2D eigenvalue weighted by Crippen LogP contribution is -2.31. The Balaban J connectivity index is 1.59. The molecule has 1 aromatic carbocycles. The van der Waals surface area contributed by atoms with Crippen LogP contribution in [0, 0.1) is 0 Å². The highest BCUT2D eigenvalue weighted by Gasteiger charge is 2.26. The first kappa shape index (κ1) is 16.3. The Morgan fingerprint density at radius 2 is 2.08 bits per heavy atom. The molecule has 6 heteroatoms. The van der Waals surface area contributed by atoms with E-state index in [1.807, 2.05) is 35.1 Å². The first-order chi connectivity index (χ1) is 12.8. The van der Waals surface area contributed by atoms with Crippen LogP contribution in [0.5, 0.6) is 5.75 Å². The van der Waals surface area contributed by atoms with E-state index in [2.05, 4.69) is 15.4 Å². The lowest BCUT2D eigenvalue weighted by Gasteiger charge is -2.24. The fourth-order valence-electron chi connectivity index (χ4n) is 3.39. The number of pyridine rings is 1. The Morgan fingerprint density at radius 3 is 2.81 bits per heavy atom. The number of rotatable bonds is 4. The minimum absolute atomic E-state index is 0.0292. The molecule has 1 aliphatic carbocycles. The average Bonchev–Trinajstić information content (AvgIpc) is 3.14. The molecule has 26 heavy (non-hydrogen) atoms. The summed E-state index contributed by atoms with van der Waals surface area (Å²) in [5, 5.41) is 7.69. The van der Waals surface area contributed by atoms with E-state index in [0.717, 1.165) is 42.0 Å². The number of carbonyl (C=O) groups is 1. The Bertz CT molecular complexity index is 903. The highest BCUT2D eigenvalue weighted by Crippen LogP contribution is 2.31. The van der Waals surface area contributed by atoms with Gasteiger partial charge < -0.3 is 10.1 Å². The number of hydrogen-bond donors (Lipinski definition) is 1. The summed E-state index contributed by atoms with van der Waals surface area (Å²) < 4.78 is 7.18. The van der Waals surface area contributed by atoms with Crippen LogP contribution in [0.25, 0.3) is 5.69 Å². The molecule has 0 fully saturated rings. The zero-order chi connectivity index (χ0) is 17.9. The first-order valence-electron chi connectivity index (χ1n) is 8.68. The molecule has 4 rings (SSSR count). The van der Waals surface area contributed by atoms with Crippen LogP contribution in [0.2, 0.25) is 0 Å². The number of carbonyl (C=O) groups excluding carboxylic acids is 1. The molecule has 1 N–H and O–H groups in total. The van der Waals surface area contributed by atoms with Gasteiger partial charge in [0.2, 0.25) is 0 Å². The second-order valence-corrected chi connectivity index (χ2v) is 6.32. The Kier molecular flexibility index (Phi) is 4.39. The molecule has 3 aromatic rings. The van der Waals surface area contributed by atoms with E-state index in [-0.39, 0.29) is 11.9 Å². The van der Waals surface area contributed by atoms with Crippen molar-refractivity contribution < 1.29 is 9.53 Å². The molecule has 2 heterocycles. The third kappa shape index (κ3) is 3.06. The van der Waals surface area contributed by atoms with Crippen molar-refractivity contribution >= 4 is 5.91 Å². The van der Waals surface area contributed by atoms with Crippen LogP contribution in [0.3, 0.4) is 0 Å². The number of benzene rings is 1. The predicted molar refractivity (Wildman–Crippen MR) is 97.5 cm³/mol. The Morgan fingerprint density at radius 1 is 1.23 bits per heavy atom. The average molecular weight is 348 g/mol. The molecule has 1 atom stereocenters. The van der Waals surface area contributed by atoms with E-state index in [1.54, 1.807) is 31.6 Å².